The van der Waals surface area contributed by atoms with Gasteiger partial charge < -0.3 is 4.74 Å². The smallest absolute Gasteiger partial charge is 0.150 e. The maximum Gasteiger partial charge on any atom is 0.150 e. The highest BCUT2D eigenvalue weighted by atomic mass is 16.5. The van der Waals surface area contributed by atoms with Gasteiger partial charge in [0.15, 0.2) is 0 Å². The number of hydrogen-bond donors (Lipinski definition) is 0. The topological polar surface area (TPSA) is 26.3 Å². The second-order valence-corrected chi connectivity index (χ2v) is 4.24. The molecule has 2 rings (SSSR count). The van der Waals surface area contributed by atoms with Gasteiger partial charge >= 0.3 is 0 Å². The molecule has 2 aromatic carbocycles. The number of rotatable bonds is 4. The highest BCUT2D eigenvalue weighted by Gasteiger charge is 2.02. The lowest BCUT2D eigenvalue weighted by molar-refractivity contribution is 0.112. The van der Waals surface area contributed by atoms with Crippen LogP contribution in [-0.4, -0.2) is 6.29 Å². The molecule has 92 valence electrons. The van der Waals surface area contributed by atoms with Crippen LogP contribution in [0.1, 0.15) is 28.4 Å². The summed E-state index contributed by atoms with van der Waals surface area (Å²) in [7, 11) is 0. The molecule has 0 aliphatic carbocycles. The van der Waals surface area contributed by atoms with Crippen molar-refractivity contribution in [2.24, 2.45) is 0 Å². The number of hydrogen-bond acceptors (Lipinski definition) is 2. The number of ether oxygens (including phenoxy) is 1. The molecule has 0 saturated heterocycles. The van der Waals surface area contributed by atoms with Crippen LogP contribution in [-0.2, 0) is 6.42 Å². The number of carbonyl (C=O) groups excluding carboxylic acids is 1. The van der Waals surface area contributed by atoms with Crippen LogP contribution in [0.5, 0.6) is 11.5 Å². The van der Waals surface area contributed by atoms with Crippen LogP contribution in [0.25, 0.3) is 0 Å². The van der Waals surface area contributed by atoms with Crippen LogP contribution >= 0.6 is 0 Å². The summed E-state index contributed by atoms with van der Waals surface area (Å²) in [6.07, 6.45) is 1.85. The molecule has 18 heavy (non-hydrogen) atoms. The predicted molar refractivity (Wildman–Crippen MR) is 72.5 cm³/mol. The fourth-order valence-corrected chi connectivity index (χ4v) is 1.79. The summed E-state index contributed by atoms with van der Waals surface area (Å²) in [5, 5.41) is 0. The van der Waals surface area contributed by atoms with Crippen molar-refractivity contribution in [2.75, 3.05) is 0 Å². The van der Waals surface area contributed by atoms with Crippen molar-refractivity contribution in [2.45, 2.75) is 20.3 Å². The molecule has 0 atom stereocenters. The first-order valence-electron chi connectivity index (χ1n) is 6.05. The summed E-state index contributed by atoms with van der Waals surface area (Å²) in [6, 6.07) is 13.3. The monoisotopic (exact) mass is 240 g/mol. The third-order valence-corrected chi connectivity index (χ3v) is 2.89. The van der Waals surface area contributed by atoms with Crippen molar-refractivity contribution in [3.05, 3.63) is 59.2 Å². The van der Waals surface area contributed by atoms with Gasteiger partial charge in [-0.2, -0.15) is 0 Å². The summed E-state index contributed by atoms with van der Waals surface area (Å²) in [5.41, 5.74) is 3.07. The average Bonchev–Trinajstić information content (AvgIpc) is 2.42. The van der Waals surface area contributed by atoms with E-state index in [1.165, 1.54) is 5.56 Å². The van der Waals surface area contributed by atoms with Crippen molar-refractivity contribution in [1.29, 1.82) is 0 Å². The molecule has 0 heterocycles. The van der Waals surface area contributed by atoms with Gasteiger partial charge in [-0.05, 0) is 54.8 Å². The van der Waals surface area contributed by atoms with Crippen molar-refractivity contribution in [1.82, 2.24) is 0 Å². The second kappa shape index (κ2) is 5.50. The predicted octanol–water partition coefficient (Wildman–Crippen LogP) is 4.16. The lowest BCUT2D eigenvalue weighted by Gasteiger charge is -2.10. The minimum absolute atomic E-state index is 0.653. The zero-order chi connectivity index (χ0) is 13.0. The van der Waals surface area contributed by atoms with Crippen molar-refractivity contribution < 1.29 is 9.53 Å². The van der Waals surface area contributed by atoms with Crippen LogP contribution < -0.4 is 4.74 Å². The van der Waals surface area contributed by atoms with Gasteiger partial charge in [0.1, 0.15) is 17.8 Å². The molecule has 2 aromatic rings. The fourth-order valence-electron chi connectivity index (χ4n) is 1.79. The van der Waals surface area contributed by atoms with E-state index in [0.29, 0.717) is 5.56 Å². The van der Waals surface area contributed by atoms with E-state index in [9.17, 15) is 4.79 Å². The lowest BCUT2D eigenvalue weighted by atomic mass is 10.1. The molecule has 2 nitrogen and oxygen atoms in total. The van der Waals surface area contributed by atoms with Crippen LogP contribution in [0.4, 0.5) is 0 Å². The van der Waals surface area contributed by atoms with Gasteiger partial charge in [0.05, 0.1) is 0 Å². The zero-order valence-corrected chi connectivity index (χ0v) is 10.6. The summed E-state index contributed by atoms with van der Waals surface area (Å²) in [6.45, 7) is 4.17. The zero-order valence-electron chi connectivity index (χ0n) is 10.6. The van der Waals surface area contributed by atoms with E-state index in [4.69, 9.17) is 4.74 Å². The molecule has 0 aliphatic rings. The van der Waals surface area contributed by atoms with Gasteiger partial charge in [0, 0.05) is 5.56 Å². The van der Waals surface area contributed by atoms with Crippen molar-refractivity contribution in [3.8, 4) is 11.5 Å². The highest BCUT2D eigenvalue weighted by molar-refractivity contribution is 5.74. The van der Waals surface area contributed by atoms with Crippen molar-refractivity contribution in [3.63, 3.8) is 0 Å². The maximum absolute atomic E-state index is 10.6. The molecule has 0 radical (unpaired) electrons. The Balaban J connectivity index is 2.19. The Kier molecular flexibility index (Phi) is 3.78. The SMILES string of the molecule is CCc1ccc(Oc2ccc(C=O)cc2)c(C)c1. The molecule has 0 unspecified atom stereocenters. The average molecular weight is 240 g/mol. The lowest BCUT2D eigenvalue weighted by Crippen LogP contribution is -1.90. The minimum atomic E-state index is 0.653. The first-order chi connectivity index (χ1) is 8.72. The molecular formula is C16H16O2. The van der Waals surface area contributed by atoms with Crippen LogP contribution in [0.15, 0.2) is 42.5 Å². The molecular weight excluding hydrogens is 224 g/mol. The van der Waals surface area contributed by atoms with E-state index in [1.807, 2.05) is 13.0 Å². The molecule has 0 aromatic heterocycles. The minimum Gasteiger partial charge on any atom is -0.457 e. The second-order valence-electron chi connectivity index (χ2n) is 4.24. The van der Waals surface area contributed by atoms with Crippen LogP contribution in [0.3, 0.4) is 0 Å². The van der Waals surface area contributed by atoms with E-state index in [2.05, 4.69) is 19.1 Å². The molecule has 0 bridgehead atoms. The Bertz CT molecular complexity index is 542. The first kappa shape index (κ1) is 12.4. The molecule has 0 spiro atoms. The number of aryl methyl sites for hydroxylation is 2. The molecule has 0 fully saturated rings. The molecule has 0 aliphatic heterocycles. The number of carbonyl (C=O) groups is 1. The third kappa shape index (κ3) is 2.77. The summed E-state index contributed by atoms with van der Waals surface area (Å²) in [4.78, 5) is 10.6. The Morgan fingerprint density at radius 3 is 2.39 bits per heavy atom. The molecule has 0 N–H and O–H groups in total. The summed E-state index contributed by atoms with van der Waals surface area (Å²) < 4.78 is 5.79. The van der Waals surface area contributed by atoms with Gasteiger partial charge in [-0.1, -0.05) is 19.1 Å². The van der Waals surface area contributed by atoms with E-state index in [1.54, 1.807) is 24.3 Å². The Morgan fingerprint density at radius 1 is 1.11 bits per heavy atom. The Hall–Kier alpha value is -2.09. The van der Waals surface area contributed by atoms with Crippen LogP contribution in [0.2, 0.25) is 0 Å². The van der Waals surface area contributed by atoms with Gasteiger partial charge in [-0.25, -0.2) is 0 Å². The number of benzene rings is 2. The number of aldehydes is 1. The van der Waals surface area contributed by atoms with E-state index in [0.717, 1.165) is 29.8 Å². The van der Waals surface area contributed by atoms with Gasteiger partial charge in [-0.3, -0.25) is 4.79 Å². The molecule has 0 amide bonds. The highest BCUT2D eigenvalue weighted by Crippen LogP contribution is 2.26. The largest absolute Gasteiger partial charge is 0.457 e. The Labute approximate surface area is 107 Å². The normalized spacial score (nSPS) is 10.1. The Morgan fingerprint density at radius 2 is 1.83 bits per heavy atom. The van der Waals surface area contributed by atoms with E-state index in [-0.39, 0.29) is 0 Å². The van der Waals surface area contributed by atoms with Gasteiger partial charge in [0.2, 0.25) is 0 Å². The summed E-state index contributed by atoms with van der Waals surface area (Å²) in [5.74, 6) is 1.60. The quantitative estimate of drug-likeness (QED) is 0.750. The van der Waals surface area contributed by atoms with Gasteiger partial charge in [-0.15, -0.1) is 0 Å². The standard InChI is InChI=1S/C16H16O2/c1-3-13-6-9-16(12(2)10-13)18-15-7-4-14(11-17)5-8-15/h4-11H,3H2,1-2H3. The van der Waals surface area contributed by atoms with Crippen LogP contribution in [0, 0.1) is 6.92 Å². The van der Waals surface area contributed by atoms with E-state index < -0.39 is 0 Å². The summed E-state index contributed by atoms with van der Waals surface area (Å²) >= 11 is 0. The fraction of sp³-hybridized carbons (Fsp3) is 0.188. The first-order valence-corrected chi connectivity index (χ1v) is 6.05. The third-order valence-electron chi connectivity index (χ3n) is 2.89. The van der Waals surface area contributed by atoms with Gasteiger partial charge in [0.25, 0.3) is 0 Å². The van der Waals surface area contributed by atoms with Crippen molar-refractivity contribution >= 4 is 6.29 Å². The molecule has 0 saturated carbocycles. The molecule has 2 heteroatoms. The maximum atomic E-state index is 10.6. The van der Waals surface area contributed by atoms with E-state index >= 15 is 0 Å².